The molecule has 3 rings (SSSR count). The molecule has 0 fully saturated rings. The minimum atomic E-state index is -4.24. The van der Waals surface area contributed by atoms with Gasteiger partial charge in [0.15, 0.2) is 0 Å². The van der Waals surface area contributed by atoms with Crippen molar-refractivity contribution in [1.29, 1.82) is 0 Å². The summed E-state index contributed by atoms with van der Waals surface area (Å²) in [5.41, 5.74) is 2.07. The van der Waals surface area contributed by atoms with Crippen LogP contribution in [0.3, 0.4) is 0 Å². The summed E-state index contributed by atoms with van der Waals surface area (Å²) in [4.78, 5) is 29.0. The Morgan fingerprint density at radius 3 is 2.33 bits per heavy atom. The summed E-state index contributed by atoms with van der Waals surface area (Å²) in [5.74, 6) is -0.466. The average Bonchev–Trinajstić information content (AvgIpc) is 2.96. The number of para-hydroxylation sites is 2. The summed E-state index contributed by atoms with van der Waals surface area (Å²) in [6, 6.07) is 19.4. The van der Waals surface area contributed by atoms with E-state index in [1.807, 2.05) is 45.0 Å². The van der Waals surface area contributed by atoms with Gasteiger partial charge in [0.05, 0.1) is 17.2 Å². The summed E-state index contributed by atoms with van der Waals surface area (Å²) < 4.78 is 35.0. The molecule has 0 bridgehead atoms. The summed E-state index contributed by atoms with van der Waals surface area (Å²) in [6.45, 7) is 8.02. The van der Waals surface area contributed by atoms with Crippen LogP contribution in [-0.2, 0) is 26.2 Å². The largest absolute Gasteiger partial charge is 0.492 e. The van der Waals surface area contributed by atoms with Gasteiger partial charge >= 0.3 is 0 Å². The van der Waals surface area contributed by atoms with Crippen molar-refractivity contribution in [2.45, 2.75) is 64.4 Å². The molecule has 3 aromatic carbocycles. The molecule has 42 heavy (non-hydrogen) atoms. The van der Waals surface area contributed by atoms with Crippen LogP contribution in [0.4, 0.5) is 5.69 Å². The molecule has 0 unspecified atom stereocenters. The molecule has 10 heteroatoms. The predicted octanol–water partition coefficient (Wildman–Crippen LogP) is 5.97. The van der Waals surface area contributed by atoms with E-state index in [-0.39, 0.29) is 23.0 Å². The highest BCUT2D eigenvalue weighted by atomic mass is 35.5. The zero-order valence-corrected chi connectivity index (χ0v) is 26.2. The van der Waals surface area contributed by atoms with Crippen molar-refractivity contribution in [3.8, 4) is 5.75 Å². The van der Waals surface area contributed by atoms with Crippen LogP contribution in [0.25, 0.3) is 0 Å². The molecule has 0 heterocycles. The van der Waals surface area contributed by atoms with Crippen molar-refractivity contribution >= 4 is 39.1 Å². The lowest BCUT2D eigenvalue weighted by molar-refractivity contribution is -0.140. The van der Waals surface area contributed by atoms with Gasteiger partial charge in [-0.05, 0) is 68.7 Å². The average molecular weight is 614 g/mol. The minimum absolute atomic E-state index is 0.0272. The van der Waals surface area contributed by atoms with Crippen LogP contribution in [0.5, 0.6) is 5.75 Å². The zero-order valence-electron chi connectivity index (χ0n) is 24.7. The Kier molecular flexibility index (Phi) is 12.2. The predicted molar refractivity (Wildman–Crippen MR) is 167 cm³/mol. The first kappa shape index (κ1) is 32.9. The third-order valence-corrected chi connectivity index (χ3v) is 8.79. The van der Waals surface area contributed by atoms with Gasteiger partial charge in [-0.1, -0.05) is 73.8 Å². The number of nitrogens with one attached hydrogen (secondary N) is 1. The molecule has 0 spiro atoms. The fourth-order valence-electron chi connectivity index (χ4n) is 4.62. The molecule has 0 aliphatic rings. The summed E-state index contributed by atoms with van der Waals surface area (Å²) in [5, 5.41) is 3.33. The highest BCUT2D eigenvalue weighted by Gasteiger charge is 2.34. The van der Waals surface area contributed by atoms with Crippen molar-refractivity contribution in [3.63, 3.8) is 0 Å². The number of ether oxygens (including phenoxy) is 1. The lowest BCUT2D eigenvalue weighted by Crippen LogP contribution is -2.52. The molecule has 8 nitrogen and oxygen atoms in total. The monoisotopic (exact) mass is 613 g/mol. The Morgan fingerprint density at radius 1 is 0.976 bits per heavy atom. The van der Waals surface area contributed by atoms with Gasteiger partial charge < -0.3 is 15.0 Å². The van der Waals surface area contributed by atoms with Crippen LogP contribution >= 0.6 is 11.6 Å². The Morgan fingerprint density at radius 2 is 1.69 bits per heavy atom. The third kappa shape index (κ3) is 8.49. The lowest BCUT2D eigenvalue weighted by atomic mass is 10.1. The van der Waals surface area contributed by atoms with Gasteiger partial charge in [-0.25, -0.2) is 8.42 Å². The molecule has 0 aliphatic carbocycles. The third-order valence-electron chi connectivity index (χ3n) is 6.77. The van der Waals surface area contributed by atoms with Crippen molar-refractivity contribution in [2.24, 2.45) is 0 Å². The van der Waals surface area contributed by atoms with Gasteiger partial charge in [0.25, 0.3) is 10.0 Å². The number of aryl methyl sites for hydroxylation is 1. The number of rotatable bonds is 15. The van der Waals surface area contributed by atoms with Gasteiger partial charge in [-0.3, -0.25) is 13.9 Å². The second kappa shape index (κ2) is 15.6. The Balaban J connectivity index is 2.09. The summed E-state index contributed by atoms with van der Waals surface area (Å²) in [6.07, 6.45) is 2.09. The topological polar surface area (TPSA) is 96.0 Å². The van der Waals surface area contributed by atoms with Gasteiger partial charge in [0.1, 0.15) is 18.3 Å². The molecular formula is C32H40ClN3O5S. The van der Waals surface area contributed by atoms with E-state index in [0.29, 0.717) is 30.3 Å². The smallest absolute Gasteiger partial charge is 0.264 e. The molecule has 226 valence electrons. The second-order valence-corrected chi connectivity index (χ2v) is 12.2. The van der Waals surface area contributed by atoms with Gasteiger partial charge in [0.2, 0.25) is 11.8 Å². The van der Waals surface area contributed by atoms with E-state index >= 15 is 0 Å². The highest BCUT2D eigenvalue weighted by molar-refractivity contribution is 7.92. The van der Waals surface area contributed by atoms with Crippen molar-refractivity contribution < 1.29 is 22.7 Å². The first-order valence-corrected chi connectivity index (χ1v) is 16.1. The van der Waals surface area contributed by atoms with Gasteiger partial charge in [-0.15, -0.1) is 0 Å². The summed E-state index contributed by atoms with van der Waals surface area (Å²) in [7, 11) is -4.24. The van der Waals surface area contributed by atoms with Crippen molar-refractivity contribution in [1.82, 2.24) is 10.2 Å². The maximum atomic E-state index is 14.2. The maximum absolute atomic E-state index is 14.2. The fraction of sp³-hybridized carbons (Fsp3) is 0.375. The molecule has 1 N–H and O–H groups in total. The van der Waals surface area contributed by atoms with E-state index in [2.05, 4.69) is 5.32 Å². The molecular weight excluding hydrogens is 574 g/mol. The van der Waals surface area contributed by atoms with Crippen LogP contribution in [0.15, 0.2) is 77.7 Å². The molecule has 0 aliphatic heterocycles. The zero-order chi connectivity index (χ0) is 30.7. The van der Waals surface area contributed by atoms with Crippen molar-refractivity contribution in [2.75, 3.05) is 24.0 Å². The van der Waals surface area contributed by atoms with Crippen LogP contribution in [0.1, 0.15) is 51.2 Å². The molecule has 2 amide bonds. The first-order valence-electron chi connectivity index (χ1n) is 14.2. The number of nitrogens with zero attached hydrogens (tertiary/aromatic N) is 2. The van der Waals surface area contributed by atoms with E-state index in [1.54, 1.807) is 31.2 Å². The number of hydrogen-bond donors (Lipinski definition) is 1. The maximum Gasteiger partial charge on any atom is 0.264 e. The SMILES string of the molecule is CCCCNC(=O)[C@H](CC)N(Cc1cccc(C)c1)C(=O)CN(c1ccccc1OCC)S(=O)(=O)c1ccc(Cl)cc1. The standard InChI is InChI=1S/C32H40ClN3O5S/c1-5-8-20-34-32(38)28(6-2)35(22-25-13-11-12-24(4)21-25)31(37)23-36(29-14-9-10-15-30(29)41-7-3)42(39,40)27-18-16-26(33)17-19-27/h9-19,21,28H,5-8,20,22-23H2,1-4H3,(H,34,38)/t28-/m0/s1. The number of unbranched alkanes of at least 4 members (excludes halogenated alkanes) is 1. The van der Waals surface area contributed by atoms with E-state index in [9.17, 15) is 18.0 Å². The molecule has 3 aromatic rings. The molecule has 0 saturated carbocycles. The highest BCUT2D eigenvalue weighted by Crippen LogP contribution is 2.33. The molecule has 0 saturated heterocycles. The number of benzene rings is 3. The first-order chi connectivity index (χ1) is 20.1. The number of halogens is 1. The Labute approximate surface area is 254 Å². The van der Waals surface area contributed by atoms with E-state index in [0.717, 1.165) is 28.3 Å². The van der Waals surface area contributed by atoms with Crippen LogP contribution in [0.2, 0.25) is 5.02 Å². The number of sulfonamides is 1. The Bertz CT molecular complexity index is 1450. The normalized spacial score (nSPS) is 11.9. The molecule has 1 atom stereocenters. The summed E-state index contributed by atoms with van der Waals surface area (Å²) >= 11 is 6.04. The van der Waals surface area contributed by atoms with Gasteiger partial charge in [0, 0.05) is 18.1 Å². The van der Waals surface area contributed by atoms with Crippen LogP contribution < -0.4 is 14.4 Å². The van der Waals surface area contributed by atoms with Gasteiger partial charge in [-0.2, -0.15) is 0 Å². The minimum Gasteiger partial charge on any atom is -0.492 e. The number of amides is 2. The van der Waals surface area contributed by atoms with Crippen molar-refractivity contribution in [3.05, 3.63) is 88.9 Å². The number of carbonyl (C=O) groups is 2. The number of hydrogen-bond acceptors (Lipinski definition) is 5. The van der Waals surface area contributed by atoms with Crippen LogP contribution in [0, 0.1) is 6.92 Å². The Hall–Kier alpha value is -3.56. The molecule has 0 radical (unpaired) electrons. The molecule has 0 aromatic heterocycles. The van der Waals surface area contributed by atoms with Crippen LogP contribution in [-0.4, -0.2) is 50.9 Å². The fourth-order valence-corrected chi connectivity index (χ4v) is 6.17. The van der Waals surface area contributed by atoms with E-state index in [4.69, 9.17) is 16.3 Å². The number of carbonyl (C=O) groups excluding carboxylic acids is 2. The van der Waals surface area contributed by atoms with E-state index < -0.39 is 28.5 Å². The van der Waals surface area contributed by atoms with E-state index in [1.165, 1.54) is 29.2 Å². The quantitative estimate of drug-likeness (QED) is 0.213. The number of anilines is 1. The second-order valence-electron chi connectivity index (χ2n) is 9.95. The lowest BCUT2D eigenvalue weighted by Gasteiger charge is -2.33.